The number of thioether (sulfide) groups is 1. The molecule has 1 aliphatic carbocycles. The van der Waals surface area contributed by atoms with E-state index in [-0.39, 0.29) is 11.5 Å². The molecule has 1 N–H and O–H groups in total. The monoisotopic (exact) mass is 334 g/mol. The minimum atomic E-state index is -3.01. The molecular weight excluding hydrogens is 308 g/mol. The van der Waals surface area contributed by atoms with E-state index in [1.54, 1.807) is 11.8 Å². The van der Waals surface area contributed by atoms with Crippen molar-refractivity contribution in [1.29, 1.82) is 0 Å². The van der Waals surface area contributed by atoms with Crippen LogP contribution in [0.2, 0.25) is 0 Å². The van der Waals surface area contributed by atoms with E-state index >= 15 is 0 Å². The van der Waals surface area contributed by atoms with Gasteiger partial charge in [-0.05, 0) is 25.7 Å². The normalized spacial score (nSPS) is 35.2. The predicted octanol–water partition coefficient (Wildman–Crippen LogP) is 0.706. The molecule has 0 aromatic rings. The number of nitrogens with zero attached hydrogens (tertiary/aromatic N) is 1. The molecule has 0 spiro atoms. The maximum atomic E-state index is 11.9. The average molecular weight is 335 g/mol. The number of hydrogen-bond donors (Lipinski definition) is 1. The molecule has 0 bridgehead atoms. The molecule has 0 aromatic carbocycles. The summed E-state index contributed by atoms with van der Waals surface area (Å²) >= 11 is 1.74. The van der Waals surface area contributed by atoms with E-state index in [0.717, 1.165) is 44.3 Å². The minimum absolute atomic E-state index is 0.198. The zero-order valence-electron chi connectivity index (χ0n) is 12.7. The third kappa shape index (κ3) is 4.58. The highest BCUT2D eigenvalue weighted by atomic mass is 32.2. The van der Waals surface area contributed by atoms with Crippen LogP contribution in [0.1, 0.15) is 25.7 Å². The van der Waals surface area contributed by atoms with E-state index in [1.165, 1.54) is 19.1 Å². The Labute approximate surface area is 132 Å². The van der Waals surface area contributed by atoms with Crippen LogP contribution in [0, 0.1) is 0 Å². The lowest BCUT2D eigenvalue weighted by atomic mass is 10.2. The van der Waals surface area contributed by atoms with Gasteiger partial charge < -0.3 is 10.1 Å². The van der Waals surface area contributed by atoms with E-state index in [1.807, 2.05) is 0 Å². The molecule has 3 fully saturated rings. The highest BCUT2D eigenvalue weighted by Crippen LogP contribution is 2.26. The van der Waals surface area contributed by atoms with E-state index < -0.39 is 9.84 Å². The Morgan fingerprint density at radius 2 is 2.00 bits per heavy atom. The molecule has 5 nitrogen and oxygen atoms in total. The van der Waals surface area contributed by atoms with Crippen LogP contribution in [0.3, 0.4) is 0 Å². The zero-order valence-corrected chi connectivity index (χ0v) is 14.3. The Morgan fingerprint density at radius 3 is 2.71 bits per heavy atom. The van der Waals surface area contributed by atoms with Crippen LogP contribution >= 0.6 is 11.8 Å². The van der Waals surface area contributed by atoms with Gasteiger partial charge in [-0.15, -0.1) is 0 Å². The highest BCUT2D eigenvalue weighted by molar-refractivity contribution is 8.00. The molecule has 3 unspecified atom stereocenters. The second-order valence-electron chi connectivity index (χ2n) is 6.49. The van der Waals surface area contributed by atoms with Crippen LogP contribution in [0.5, 0.6) is 0 Å². The number of rotatable bonds is 6. The lowest BCUT2D eigenvalue weighted by Crippen LogP contribution is -2.49. The number of hydrogen-bond acceptors (Lipinski definition) is 6. The van der Waals surface area contributed by atoms with Crippen LogP contribution in [0.25, 0.3) is 0 Å². The van der Waals surface area contributed by atoms with Gasteiger partial charge in [0.1, 0.15) is 5.37 Å². The molecule has 21 heavy (non-hydrogen) atoms. The van der Waals surface area contributed by atoms with Crippen molar-refractivity contribution in [3.8, 4) is 0 Å². The summed E-state index contributed by atoms with van der Waals surface area (Å²) in [4.78, 5) is 2.12. The summed E-state index contributed by atoms with van der Waals surface area (Å²) < 4.78 is 29.9. The SMILES string of the molecule is CS(=O)(=O)C1CSCCN1CC1CCC(CNC2CC2)O1. The lowest BCUT2D eigenvalue weighted by molar-refractivity contribution is 0.0225. The fourth-order valence-corrected chi connectivity index (χ4v) is 6.08. The summed E-state index contributed by atoms with van der Waals surface area (Å²) in [5.74, 6) is 1.71. The smallest absolute Gasteiger partial charge is 0.164 e. The Morgan fingerprint density at radius 1 is 1.24 bits per heavy atom. The van der Waals surface area contributed by atoms with Gasteiger partial charge in [-0.1, -0.05) is 0 Å². The second-order valence-corrected chi connectivity index (χ2v) is 9.85. The summed E-state index contributed by atoms with van der Waals surface area (Å²) in [5, 5.41) is 3.19. The van der Waals surface area contributed by atoms with Gasteiger partial charge in [0.05, 0.1) is 12.2 Å². The van der Waals surface area contributed by atoms with E-state index in [4.69, 9.17) is 4.74 Å². The maximum absolute atomic E-state index is 11.9. The first-order valence-corrected chi connectivity index (χ1v) is 11.0. The fourth-order valence-electron chi connectivity index (χ4n) is 3.13. The molecule has 3 rings (SSSR count). The Hall–Kier alpha value is 0.180. The maximum Gasteiger partial charge on any atom is 0.164 e. The first-order chi connectivity index (χ1) is 10.0. The van der Waals surface area contributed by atoms with Gasteiger partial charge in [-0.25, -0.2) is 8.42 Å². The van der Waals surface area contributed by atoms with Crippen molar-refractivity contribution in [3.63, 3.8) is 0 Å². The highest BCUT2D eigenvalue weighted by Gasteiger charge is 2.35. The van der Waals surface area contributed by atoms with Gasteiger partial charge in [0.15, 0.2) is 9.84 Å². The van der Waals surface area contributed by atoms with Crippen LogP contribution in [-0.4, -0.2) is 74.3 Å². The molecule has 0 radical (unpaired) electrons. The largest absolute Gasteiger partial charge is 0.372 e. The fraction of sp³-hybridized carbons (Fsp3) is 1.00. The summed E-state index contributed by atoms with van der Waals surface area (Å²) in [6.45, 7) is 2.57. The predicted molar refractivity (Wildman–Crippen MR) is 86.4 cm³/mol. The molecule has 7 heteroatoms. The molecular formula is C14H26N2O3S2. The van der Waals surface area contributed by atoms with Crippen molar-refractivity contribution in [2.75, 3.05) is 37.4 Å². The topological polar surface area (TPSA) is 58.6 Å². The van der Waals surface area contributed by atoms with Crippen LogP contribution < -0.4 is 5.32 Å². The van der Waals surface area contributed by atoms with Gasteiger partial charge in [0, 0.05) is 43.4 Å². The van der Waals surface area contributed by atoms with E-state index in [9.17, 15) is 8.42 Å². The van der Waals surface area contributed by atoms with Gasteiger partial charge in [0.2, 0.25) is 0 Å². The third-order valence-electron chi connectivity index (χ3n) is 4.53. The first-order valence-electron chi connectivity index (χ1n) is 7.92. The molecule has 3 aliphatic rings. The molecule has 2 heterocycles. The van der Waals surface area contributed by atoms with E-state index in [2.05, 4.69) is 10.2 Å². The molecule has 0 aromatic heterocycles. The quantitative estimate of drug-likeness (QED) is 0.772. The molecule has 2 saturated heterocycles. The van der Waals surface area contributed by atoms with Crippen molar-refractivity contribution in [3.05, 3.63) is 0 Å². The summed E-state index contributed by atoms with van der Waals surface area (Å²) in [7, 11) is -3.01. The van der Waals surface area contributed by atoms with Gasteiger partial charge >= 0.3 is 0 Å². The number of nitrogens with one attached hydrogen (secondary N) is 1. The zero-order chi connectivity index (χ0) is 14.9. The third-order valence-corrected chi connectivity index (χ3v) is 7.22. The van der Waals surface area contributed by atoms with Crippen LogP contribution in [0.4, 0.5) is 0 Å². The van der Waals surface area contributed by atoms with Gasteiger partial charge in [-0.2, -0.15) is 11.8 Å². The summed E-state index contributed by atoms with van der Waals surface area (Å²) in [6.07, 6.45) is 6.62. The lowest BCUT2D eigenvalue weighted by Gasteiger charge is -2.35. The Bertz CT molecular complexity index is 453. The van der Waals surface area contributed by atoms with Crippen LogP contribution in [0.15, 0.2) is 0 Å². The van der Waals surface area contributed by atoms with Gasteiger partial charge in [0.25, 0.3) is 0 Å². The first kappa shape index (κ1) is 16.1. The summed E-state index contributed by atoms with van der Waals surface area (Å²) in [6, 6.07) is 0.724. The second kappa shape index (κ2) is 6.74. The van der Waals surface area contributed by atoms with Crippen molar-refractivity contribution in [2.45, 2.75) is 49.3 Å². The average Bonchev–Trinajstić information content (AvgIpc) is 3.16. The van der Waals surface area contributed by atoms with Crippen molar-refractivity contribution >= 4 is 21.6 Å². The van der Waals surface area contributed by atoms with E-state index in [0.29, 0.717) is 11.9 Å². The number of sulfone groups is 1. The molecule has 2 aliphatic heterocycles. The molecule has 1 saturated carbocycles. The van der Waals surface area contributed by atoms with Crippen molar-refractivity contribution in [1.82, 2.24) is 10.2 Å². The summed E-state index contributed by atoms with van der Waals surface area (Å²) in [5.41, 5.74) is 0. The van der Waals surface area contributed by atoms with Gasteiger partial charge in [-0.3, -0.25) is 4.90 Å². The molecule has 0 amide bonds. The van der Waals surface area contributed by atoms with Crippen molar-refractivity contribution < 1.29 is 13.2 Å². The Balaban J connectivity index is 1.48. The Kier molecular flexibility index (Phi) is 5.15. The standard InChI is InChI=1S/C14H26N2O3S2/c1-21(17,18)14-10-20-7-6-16(14)9-13-5-4-12(19-13)8-15-11-2-3-11/h11-15H,2-10H2,1H3. The van der Waals surface area contributed by atoms with Crippen LogP contribution in [-0.2, 0) is 14.6 Å². The number of ether oxygens (including phenoxy) is 1. The van der Waals surface area contributed by atoms with Crippen molar-refractivity contribution in [2.24, 2.45) is 0 Å². The molecule has 3 atom stereocenters. The minimum Gasteiger partial charge on any atom is -0.372 e. The molecule has 122 valence electrons.